The minimum atomic E-state index is -4.70. The lowest BCUT2D eigenvalue weighted by Crippen LogP contribution is -2.37. The molecule has 32 heavy (non-hydrogen) atoms. The molecule has 168 valence electrons. The second kappa shape index (κ2) is 8.11. The van der Waals surface area contributed by atoms with Gasteiger partial charge in [-0.15, -0.1) is 0 Å². The summed E-state index contributed by atoms with van der Waals surface area (Å²) in [7, 11) is 1.89. The number of likely N-dealkylation sites (tertiary alicyclic amines) is 1. The Morgan fingerprint density at radius 3 is 2.62 bits per heavy atom. The Morgan fingerprint density at radius 1 is 1.22 bits per heavy atom. The lowest BCUT2D eigenvalue weighted by atomic mass is 10.2. The lowest BCUT2D eigenvalue weighted by Gasteiger charge is -2.18. The molecule has 0 unspecified atom stereocenters. The summed E-state index contributed by atoms with van der Waals surface area (Å²) < 4.78 is 39.1. The van der Waals surface area contributed by atoms with E-state index in [1.54, 1.807) is 18.2 Å². The largest absolute Gasteiger partial charge is 0.433 e. The number of rotatable bonds is 4. The van der Waals surface area contributed by atoms with Gasteiger partial charge in [0.2, 0.25) is 5.91 Å². The number of hydrogen-bond donors (Lipinski definition) is 4. The number of halogens is 3. The van der Waals surface area contributed by atoms with E-state index < -0.39 is 23.6 Å². The standard InChI is InChI=1S/C20H20F3N7O2/c1-30-8-2-3-13(30)19(32)26-10-4-5-11-12(9-10)28-18(27-11)15(16(24)31)17-25-7-6-14(29-17)20(21,22)23/h4-7,9,13,27-28H,2-3,8H2,1H3,(H2,24,31)(H,26,32)/b18-15+/t13-/m0/s1. The van der Waals surface area contributed by atoms with Crippen LogP contribution in [0.2, 0.25) is 0 Å². The summed E-state index contributed by atoms with van der Waals surface area (Å²) >= 11 is 0. The summed E-state index contributed by atoms with van der Waals surface area (Å²) in [6.07, 6.45) is -2.07. The van der Waals surface area contributed by atoms with Gasteiger partial charge in [-0.2, -0.15) is 13.2 Å². The minimum Gasteiger partial charge on any atom is -0.365 e. The number of fused-ring (bicyclic) bond motifs is 1. The minimum absolute atomic E-state index is 0.0471. The summed E-state index contributed by atoms with van der Waals surface area (Å²) in [6, 6.07) is 5.48. The molecule has 1 atom stereocenters. The lowest BCUT2D eigenvalue weighted by molar-refractivity contribution is -0.141. The number of nitrogens with two attached hydrogens (primary N) is 1. The van der Waals surface area contributed by atoms with Crippen LogP contribution in [0, 0.1) is 0 Å². The molecule has 1 aromatic carbocycles. The van der Waals surface area contributed by atoms with E-state index in [9.17, 15) is 22.8 Å². The van der Waals surface area contributed by atoms with Crippen LogP contribution in [0.1, 0.15) is 24.4 Å². The highest BCUT2D eigenvalue weighted by molar-refractivity contribution is 6.20. The maximum absolute atomic E-state index is 13.0. The molecule has 2 aromatic rings. The maximum Gasteiger partial charge on any atom is 0.433 e. The van der Waals surface area contributed by atoms with Gasteiger partial charge in [0.1, 0.15) is 17.1 Å². The van der Waals surface area contributed by atoms with Crippen molar-refractivity contribution in [3.63, 3.8) is 0 Å². The Balaban J connectivity index is 1.60. The van der Waals surface area contributed by atoms with Crippen LogP contribution in [0.15, 0.2) is 36.3 Å². The molecule has 5 N–H and O–H groups in total. The number of aromatic nitrogens is 2. The van der Waals surface area contributed by atoms with Crippen molar-refractivity contribution in [2.24, 2.45) is 5.73 Å². The molecule has 2 aliphatic heterocycles. The smallest absolute Gasteiger partial charge is 0.365 e. The van der Waals surface area contributed by atoms with E-state index in [1.165, 1.54) is 0 Å². The summed E-state index contributed by atoms with van der Waals surface area (Å²) in [5, 5.41) is 8.67. The molecule has 4 rings (SSSR count). The first-order chi connectivity index (χ1) is 15.1. The van der Waals surface area contributed by atoms with Gasteiger partial charge >= 0.3 is 6.18 Å². The molecule has 0 saturated carbocycles. The van der Waals surface area contributed by atoms with Gasteiger partial charge in [0, 0.05) is 11.9 Å². The Hall–Kier alpha value is -3.67. The van der Waals surface area contributed by atoms with Crippen LogP contribution < -0.4 is 21.7 Å². The summed E-state index contributed by atoms with van der Waals surface area (Å²) in [4.78, 5) is 33.8. The molecule has 0 aliphatic carbocycles. The molecule has 9 nitrogen and oxygen atoms in total. The van der Waals surface area contributed by atoms with E-state index in [0.717, 1.165) is 25.6 Å². The molecular formula is C20H20F3N7O2. The van der Waals surface area contributed by atoms with Crippen LogP contribution in [0.5, 0.6) is 0 Å². The third-order valence-corrected chi connectivity index (χ3v) is 5.30. The predicted molar refractivity (Wildman–Crippen MR) is 111 cm³/mol. The number of anilines is 3. The Morgan fingerprint density at radius 2 is 1.97 bits per heavy atom. The molecule has 2 amide bonds. The number of hydrogen-bond acceptors (Lipinski definition) is 7. The van der Waals surface area contributed by atoms with Crippen LogP contribution in [0.25, 0.3) is 5.57 Å². The van der Waals surface area contributed by atoms with E-state index in [1.807, 2.05) is 11.9 Å². The predicted octanol–water partition coefficient (Wildman–Crippen LogP) is 2.22. The van der Waals surface area contributed by atoms with Crippen LogP contribution in [-0.2, 0) is 15.8 Å². The molecule has 0 spiro atoms. The molecule has 1 fully saturated rings. The van der Waals surface area contributed by atoms with Crippen molar-refractivity contribution in [2.45, 2.75) is 25.1 Å². The number of benzene rings is 1. The highest BCUT2D eigenvalue weighted by Gasteiger charge is 2.34. The number of alkyl halides is 3. The van der Waals surface area contributed by atoms with Crippen LogP contribution >= 0.6 is 0 Å². The number of likely N-dealkylation sites (N-methyl/N-ethyl adjacent to an activating group) is 1. The first-order valence-corrected chi connectivity index (χ1v) is 9.77. The van der Waals surface area contributed by atoms with Gasteiger partial charge < -0.3 is 21.7 Å². The SMILES string of the molecule is CN1CCC[C@H]1C(=O)Nc1ccc2c(c1)N/C(=C(\C(N)=O)c1nccc(C(F)(F)F)n1)N2. The van der Waals surface area contributed by atoms with Crippen molar-refractivity contribution in [3.05, 3.63) is 47.8 Å². The van der Waals surface area contributed by atoms with Gasteiger partial charge in [-0.25, -0.2) is 9.97 Å². The van der Waals surface area contributed by atoms with Crippen LogP contribution in [0.4, 0.5) is 30.2 Å². The Bertz CT molecular complexity index is 1120. The molecule has 0 bridgehead atoms. The van der Waals surface area contributed by atoms with E-state index in [2.05, 4.69) is 25.9 Å². The van der Waals surface area contributed by atoms with Crippen LogP contribution in [0.3, 0.4) is 0 Å². The van der Waals surface area contributed by atoms with Gasteiger partial charge in [0.25, 0.3) is 5.91 Å². The van der Waals surface area contributed by atoms with Gasteiger partial charge in [-0.05, 0) is 50.7 Å². The fourth-order valence-electron chi connectivity index (χ4n) is 3.71. The average Bonchev–Trinajstić information content (AvgIpc) is 3.33. The van der Waals surface area contributed by atoms with Crippen molar-refractivity contribution in [1.82, 2.24) is 14.9 Å². The molecular weight excluding hydrogens is 427 g/mol. The molecule has 1 saturated heterocycles. The summed E-state index contributed by atoms with van der Waals surface area (Å²) in [5.41, 5.74) is 5.47. The highest BCUT2D eigenvalue weighted by atomic mass is 19.4. The summed E-state index contributed by atoms with van der Waals surface area (Å²) in [6.45, 7) is 0.857. The van der Waals surface area contributed by atoms with Gasteiger partial charge in [-0.1, -0.05) is 0 Å². The molecule has 2 aliphatic rings. The quantitative estimate of drug-likeness (QED) is 0.530. The third-order valence-electron chi connectivity index (χ3n) is 5.30. The van der Waals surface area contributed by atoms with E-state index in [-0.39, 0.29) is 23.3 Å². The first-order valence-electron chi connectivity index (χ1n) is 9.77. The average molecular weight is 447 g/mol. The van der Waals surface area contributed by atoms with E-state index in [0.29, 0.717) is 23.1 Å². The van der Waals surface area contributed by atoms with Crippen molar-refractivity contribution < 1.29 is 22.8 Å². The van der Waals surface area contributed by atoms with Crippen molar-refractivity contribution in [3.8, 4) is 0 Å². The van der Waals surface area contributed by atoms with Crippen molar-refractivity contribution >= 4 is 34.4 Å². The fourth-order valence-corrected chi connectivity index (χ4v) is 3.71. The maximum atomic E-state index is 13.0. The second-order valence-corrected chi connectivity index (χ2v) is 7.52. The Labute approximate surface area is 180 Å². The van der Waals surface area contributed by atoms with Crippen LogP contribution in [-0.4, -0.2) is 46.3 Å². The number of nitrogens with zero attached hydrogens (tertiary/aromatic N) is 3. The second-order valence-electron chi connectivity index (χ2n) is 7.52. The Kier molecular flexibility index (Phi) is 5.46. The molecule has 3 heterocycles. The number of nitrogens with one attached hydrogen (secondary N) is 3. The number of carbonyl (C=O) groups is 2. The molecule has 0 radical (unpaired) electrons. The highest BCUT2D eigenvalue weighted by Crippen LogP contribution is 2.36. The topological polar surface area (TPSA) is 125 Å². The number of amides is 2. The van der Waals surface area contributed by atoms with Gasteiger partial charge in [-0.3, -0.25) is 14.5 Å². The fraction of sp³-hybridized carbons (Fsp3) is 0.300. The first kappa shape index (κ1) is 21.6. The van der Waals surface area contributed by atoms with Gasteiger partial charge in [0.15, 0.2) is 5.82 Å². The van der Waals surface area contributed by atoms with Gasteiger partial charge in [0.05, 0.1) is 17.4 Å². The monoisotopic (exact) mass is 447 g/mol. The zero-order chi connectivity index (χ0) is 23.0. The van der Waals surface area contributed by atoms with Crippen molar-refractivity contribution in [2.75, 3.05) is 29.5 Å². The zero-order valence-electron chi connectivity index (χ0n) is 17.0. The number of carbonyl (C=O) groups excluding carboxylic acids is 2. The van der Waals surface area contributed by atoms with E-state index >= 15 is 0 Å². The molecule has 1 aromatic heterocycles. The number of primary amides is 1. The van der Waals surface area contributed by atoms with Crippen molar-refractivity contribution in [1.29, 1.82) is 0 Å². The third kappa shape index (κ3) is 4.21. The molecule has 12 heteroatoms. The summed E-state index contributed by atoms with van der Waals surface area (Å²) in [5.74, 6) is -1.55. The normalized spacial score (nSPS) is 19.7. The zero-order valence-corrected chi connectivity index (χ0v) is 17.0. The van der Waals surface area contributed by atoms with E-state index in [4.69, 9.17) is 5.73 Å².